The van der Waals surface area contributed by atoms with Crippen molar-refractivity contribution in [1.29, 1.82) is 0 Å². The second-order valence-corrected chi connectivity index (χ2v) is 11.4. The Morgan fingerprint density at radius 1 is 1.05 bits per heavy atom. The first-order valence-electron chi connectivity index (χ1n) is 13.5. The molecule has 1 aliphatic rings. The smallest absolute Gasteiger partial charge is 0.293 e. The van der Waals surface area contributed by atoms with Gasteiger partial charge in [0.2, 0.25) is 5.91 Å². The zero-order valence-corrected chi connectivity index (χ0v) is 23.0. The number of hydrogen-bond acceptors (Lipinski definition) is 4. The SMILES string of the molecule is COc1cccc(CC(Cc2[nH]c3ccc(NC(=O)C4CC4)cc3c2-c2ccc(C(C)(C)C)cc2)OC=O)c1. The van der Waals surface area contributed by atoms with Crippen LogP contribution in [0.1, 0.15) is 50.4 Å². The number of ether oxygens (including phenoxy) is 2. The average molecular weight is 525 g/mol. The number of carbonyl (C=O) groups is 2. The molecule has 202 valence electrons. The zero-order chi connectivity index (χ0) is 27.6. The number of aromatic nitrogens is 1. The molecule has 0 bridgehead atoms. The van der Waals surface area contributed by atoms with Crippen LogP contribution >= 0.6 is 0 Å². The predicted octanol–water partition coefficient (Wildman–Crippen LogP) is 6.82. The number of anilines is 1. The third kappa shape index (κ3) is 6.17. The van der Waals surface area contributed by atoms with Gasteiger partial charge >= 0.3 is 0 Å². The number of hydrogen-bond donors (Lipinski definition) is 2. The number of benzene rings is 3. The second-order valence-electron chi connectivity index (χ2n) is 11.4. The Morgan fingerprint density at radius 2 is 1.82 bits per heavy atom. The molecule has 0 spiro atoms. The van der Waals surface area contributed by atoms with Gasteiger partial charge in [-0.1, -0.05) is 57.2 Å². The monoisotopic (exact) mass is 524 g/mol. The number of fused-ring (bicyclic) bond motifs is 1. The molecule has 0 radical (unpaired) electrons. The van der Waals surface area contributed by atoms with Crippen molar-refractivity contribution in [1.82, 2.24) is 4.98 Å². The van der Waals surface area contributed by atoms with Gasteiger partial charge in [0.05, 0.1) is 7.11 Å². The number of amides is 1. The average Bonchev–Trinajstić information content (AvgIpc) is 3.71. The van der Waals surface area contributed by atoms with E-state index in [1.54, 1.807) is 7.11 Å². The molecule has 39 heavy (non-hydrogen) atoms. The molecule has 1 heterocycles. The third-order valence-electron chi connectivity index (χ3n) is 7.41. The molecule has 0 aliphatic heterocycles. The molecule has 6 heteroatoms. The lowest BCUT2D eigenvalue weighted by Gasteiger charge is -2.20. The molecule has 6 nitrogen and oxygen atoms in total. The van der Waals surface area contributed by atoms with Crippen LogP contribution in [-0.4, -0.2) is 30.6 Å². The highest BCUT2D eigenvalue weighted by Crippen LogP contribution is 2.37. The van der Waals surface area contributed by atoms with E-state index in [2.05, 4.69) is 55.3 Å². The summed E-state index contributed by atoms with van der Waals surface area (Å²) in [7, 11) is 1.64. The lowest BCUT2D eigenvalue weighted by Crippen LogP contribution is -2.19. The Labute approximate surface area is 229 Å². The van der Waals surface area contributed by atoms with Crippen LogP contribution in [0.15, 0.2) is 66.7 Å². The van der Waals surface area contributed by atoms with E-state index in [1.807, 2.05) is 42.5 Å². The number of nitrogens with one attached hydrogen (secondary N) is 2. The van der Waals surface area contributed by atoms with E-state index < -0.39 is 0 Å². The van der Waals surface area contributed by atoms with Crippen molar-refractivity contribution in [3.63, 3.8) is 0 Å². The van der Waals surface area contributed by atoms with Gasteiger partial charge in [-0.3, -0.25) is 9.59 Å². The van der Waals surface area contributed by atoms with Crippen LogP contribution in [0, 0.1) is 5.92 Å². The molecule has 1 aliphatic carbocycles. The Morgan fingerprint density at radius 3 is 2.49 bits per heavy atom. The highest BCUT2D eigenvalue weighted by Gasteiger charge is 2.29. The maximum atomic E-state index is 12.5. The van der Waals surface area contributed by atoms with Crippen molar-refractivity contribution in [2.24, 2.45) is 5.92 Å². The van der Waals surface area contributed by atoms with Crippen LogP contribution in [0.3, 0.4) is 0 Å². The fourth-order valence-electron chi connectivity index (χ4n) is 5.07. The van der Waals surface area contributed by atoms with E-state index in [4.69, 9.17) is 9.47 Å². The minimum atomic E-state index is -0.371. The summed E-state index contributed by atoms with van der Waals surface area (Å²) in [4.78, 5) is 27.5. The Bertz CT molecular complexity index is 1480. The van der Waals surface area contributed by atoms with Crippen LogP contribution in [-0.2, 0) is 32.6 Å². The molecular formula is C33H36N2O4. The van der Waals surface area contributed by atoms with Gasteiger partial charge in [-0.2, -0.15) is 0 Å². The van der Waals surface area contributed by atoms with Gasteiger partial charge in [-0.15, -0.1) is 0 Å². The Kier molecular flexibility index (Phi) is 7.47. The van der Waals surface area contributed by atoms with E-state index >= 15 is 0 Å². The largest absolute Gasteiger partial charge is 0.497 e. The van der Waals surface area contributed by atoms with Crippen LogP contribution in [0.2, 0.25) is 0 Å². The van der Waals surface area contributed by atoms with E-state index in [-0.39, 0.29) is 23.3 Å². The second kappa shape index (κ2) is 11.0. The van der Waals surface area contributed by atoms with Crippen molar-refractivity contribution in [2.45, 2.75) is 58.0 Å². The Balaban J connectivity index is 1.54. The minimum Gasteiger partial charge on any atom is -0.497 e. The van der Waals surface area contributed by atoms with Gasteiger partial charge in [-0.05, 0) is 65.3 Å². The maximum absolute atomic E-state index is 12.5. The molecule has 5 rings (SSSR count). The predicted molar refractivity (Wildman–Crippen MR) is 155 cm³/mol. The molecule has 2 N–H and O–H groups in total. The molecule has 1 atom stereocenters. The van der Waals surface area contributed by atoms with Crippen LogP contribution < -0.4 is 10.1 Å². The van der Waals surface area contributed by atoms with Gasteiger partial charge in [0.1, 0.15) is 11.9 Å². The summed E-state index contributed by atoms with van der Waals surface area (Å²) in [5, 5.41) is 4.10. The van der Waals surface area contributed by atoms with E-state index in [0.29, 0.717) is 19.3 Å². The lowest BCUT2D eigenvalue weighted by atomic mass is 9.86. The molecule has 1 unspecified atom stereocenters. The normalized spacial score (nSPS) is 14.2. The Hall–Kier alpha value is -4.06. The minimum absolute atomic E-state index is 0.0431. The van der Waals surface area contributed by atoms with E-state index in [9.17, 15) is 9.59 Å². The third-order valence-corrected chi connectivity index (χ3v) is 7.41. The molecule has 1 amide bonds. The number of aromatic amines is 1. The van der Waals surface area contributed by atoms with Gasteiger partial charge in [0, 0.05) is 46.6 Å². The first-order valence-corrected chi connectivity index (χ1v) is 13.5. The topological polar surface area (TPSA) is 80.4 Å². The maximum Gasteiger partial charge on any atom is 0.293 e. The quantitative estimate of drug-likeness (QED) is 0.223. The summed E-state index contributed by atoms with van der Waals surface area (Å²) in [6.07, 6.45) is 2.60. The molecular weight excluding hydrogens is 488 g/mol. The molecule has 3 aromatic carbocycles. The molecule has 1 aromatic heterocycles. The summed E-state index contributed by atoms with van der Waals surface area (Å²) < 4.78 is 11.0. The summed E-state index contributed by atoms with van der Waals surface area (Å²) in [5.74, 6) is 0.979. The first kappa shape index (κ1) is 26.5. The summed E-state index contributed by atoms with van der Waals surface area (Å²) in [6, 6.07) is 22.4. The van der Waals surface area contributed by atoms with Crippen molar-refractivity contribution in [3.05, 3.63) is 83.6 Å². The highest BCUT2D eigenvalue weighted by atomic mass is 16.5. The lowest BCUT2D eigenvalue weighted by molar-refractivity contribution is -0.133. The van der Waals surface area contributed by atoms with Crippen LogP contribution in [0.25, 0.3) is 22.0 Å². The first-order chi connectivity index (χ1) is 18.7. The van der Waals surface area contributed by atoms with Gasteiger partial charge in [0.25, 0.3) is 6.47 Å². The summed E-state index contributed by atoms with van der Waals surface area (Å²) >= 11 is 0. The molecule has 4 aromatic rings. The van der Waals surface area contributed by atoms with Crippen molar-refractivity contribution in [3.8, 4) is 16.9 Å². The van der Waals surface area contributed by atoms with Crippen LogP contribution in [0.5, 0.6) is 5.75 Å². The zero-order valence-electron chi connectivity index (χ0n) is 23.0. The van der Waals surface area contributed by atoms with Crippen LogP contribution in [0.4, 0.5) is 5.69 Å². The highest BCUT2D eigenvalue weighted by molar-refractivity contribution is 6.02. The van der Waals surface area contributed by atoms with Crippen molar-refractivity contribution < 1.29 is 19.1 Å². The fraction of sp³-hybridized carbons (Fsp3) is 0.333. The van der Waals surface area contributed by atoms with E-state index in [0.717, 1.165) is 57.6 Å². The number of rotatable bonds is 10. The summed E-state index contributed by atoms with van der Waals surface area (Å²) in [6.45, 7) is 7.13. The van der Waals surface area contributed by atoms with Gasteiger partial charge < -0.3 is 19.8 Å². The summed E-state index contributed by atoms with van der Waals surface area (Å²) in [5.41, 5.74) is 7.18. The molecule has 1 fully saturated rings. The standard InChI is InChI=1S/C33H36N2O4/c1-33(2,3)24-12-10-22(11-13-24)31-28-18-25(34-32(37)23-8-9-23)14-15-29(28)35-30(31)19-27(39-20-36)17-21-6-5-7-26(16-21)38-4/h5-7,10-16,18,20,23,27,35H,8-9,17,19H2,1-4H3,(H,34,37). The number of methoxy groups -OCH3 is 1. The van der Waals surface area contributed by atoms with Crippen molar-refractivity contribution in [2.75, 3.05) is 12.4 Å². The van der Waals surface area contributed by atoms with Crippen molar-refractivity contribution >= 4 is 29.0 Å². The number of carbonyl (C=O) groups excluding carboxylic acids is 2. The fourth-order valence-corrected chi connectivity index (χ4v) is 5.07. The molecule has 1 saturated carbocycles. The van der Waals surface area contributed by atoms with Gasteiger partial charge in [-0.25, -0.2) is 0 Å². The number of H-pyrrole nitrogens is 1. The molecule has 0 saturated heterocycles. The van der Waals surface area contributed by atoms with E-state index in [1.165, 1.54) is 5.56 Å². The van der Waals surface area contributed by atoms with Gasteiger partial charge in [0.15, 0.2) is 0 Å².